The van der Waals surface area contributed by atoms with Crippen molar-refractivity contribution in [1.82, 2.24) is 9.97 Å². The Labute approximate surface area is 123 Å². The lowest BCUT2D eigenvalue weighted by Gasteiger charge is -2.19. The zero-order chi connectivity index (χ0) is 14.1. The van der Waals surface area contributed by atoms with Crippen molar-refractivity contribution in [2.75, 3.05) is 44.1 Å². The number of fused-ring (bicyclic) bond motifs is 1. The highest BCUT2D eigenvalue weighted by molar-refractivity contribution is 7.18. The van der Waals surface area contributed by atoms with Gasteiger partial charge in [0.2, 0.25) is 5.95 Å². The Morgan fingerprint density at radius 2 is 2.35 bits per heavy atom. The summed E-state index contributed by atoms with van der Waals surface area (Å²) in [6, 6.07) is 2.19. The first-order valence-electron chi connectivity index (χ1n) is 6.91. The van der Waals surface area contributed by atoms with E-state index in [1.807, 2.05) is 7.05 Å². The van der Waals surface area contributed by atoms with Gasteiger partial charge < -0.3 is 15.0 Å². The predicted molar refractivity (Wildman–Crippen MR) is 83.9 cm³/mol. The third kappa shape index (κ3) is 2.45. The van der Waals surface area contributed by atoms with Gasteiger partial charge in [0.25, 0.3) is 0 Å². The number of hydrogen-bond donors (Lipinski definition) is 1. The lowest BCUT2D eigenvalue weighted by Crippen LogP contribution is -2.22. The molecule has 1 unspecified atom stereocenters. The van der Waals surface area contributed by atoms with Crippen LogP contribution >= 0.6 is 11.3 Å². The highest BCUT2D eigenvalue weighted by Crippen LogP contribution is 2.34. The minimum atomic E-state index is 0.600. The van der Waals surface area contributed by atoms with Crippen LogP contribution in [0.15, 0.2) is 6.07 Å². The fraction of sp³-hybridized carbons (Fsp3) is 0.571. The number of rotatable bonds is 4. The van der Waals surface area contributed by atoms with E-state index in [2.05, 4.69) is 33.2 Å². The second kappa shape index (κ2) is 5.54. The Morgan fingerprint density at radius 3 is 3.10 bits per heavy atom. The van der Waals surface area contributed by atoms with Gasteiger partial charge in [-0.3, -0.25) is 0 Å². The number of anilines is 2. The third-order valence-corrected chi connectivity index (χ3v) is 4.65. The number of aryl methyl sites for hydroxylation is 1. The minimum absolute atomic E-state index is 0.600. The van der Waals surface area contributed by atoms with Gasteiger partial charge in [-0.1, -0.05) is 0 Å². The maximum absolute atomic E-state index is 5.28. The number of hydrogen-bond acceptors (Lipinski definition) is 6. The first kappa shape index (κ1) is 13.6. The molecule has 1 N–H and O–H groups in total. The Kier molecular flexibility index (Phi) is 3.76. The van der Waals surface area contributed by atoms with Crippen molar-refractivity contribution in [1.29, 1.82) is 0 Å². The molecule has 0 bridgehead atoms. The second-order valence-electron chi connectivity index (χ2n) is 5.25. The Balaban J connectivity index is 1.97. The Bertz CT molecular complexity index is 612. The molecular weight excluding hydrogens is 272 g/mol. The van der Waals surface area contributed by atoms with Crippen LogP contribution in [0.5, 0.6) is 0 Å². The zero-order valence-electron chi connectivity index (χ0n) is 12.1. The molecule has 6 heteroatoms. The minimum Gasteiger partial charge on any atom is -0.384 e. The highest BCUT2D eigenvalue weighted by Gasteiger charge is 2.25. The summed E-state index contributed by atoms with van der Waals surface area (Å²) in [5.74, 6) is 2.36. The standard InChI is InChI=1S/C14H20N4OS/c1-9-6-11-12(16-14(15-2)17-13(11)20-9)18-5-4-10(7-18)8-19-3/h6,10H,4-5,7-8H2,1-3H3,(H,15,16,17). The van der Waals surface area contributed by atoms with Crippen molar-refractivity contribution in [2.45, 2.75) is 13.3 Å². The van der Waals surface area contributed by atoms with Gasteiger partial charge in [0.1, 0.15) is 10.6 Å². The van der Waals surface area contributed by atoms with E-state index in [1.54, 1.807) is 18.4 Å². The summed E-state index contributed by atoms with van der Waals surface area (Å²) >= 11 is 1.72. The van der Waals surface area contributed by atoms with Crippen molar-refractivity contribution in [3.63, 3.8) is 0 Å². The monoisotopic (exact) mass is 292 g/mol. The Morgan fingerprint density at radius 1 is 1.50 bits per heavy atom. The molecule has 5 nitrogen and oxygen atoms in total. The SMILES string of the molecule is CNc1nc(N2CCC(COC)C2)c2cc(C)sc2n1. The highest BCUT2D eigenvalue weighted by atomic mass is 32.1. The van der Waals surface area contributed by atoms with E-state index in [-0.39, 0.29) is 0 Å². The van der Waals surface area contributed by atoms with Crippen LogP contribution in [0.2, 0.25) is 0 Å². The van der Waals surface area contributed by atoms with Gasteiger partial charge in [0.15, 0.2) is 0 Å². The molecule has 20 heavy (non-hydrogen) atoms. The fourth-order valence-corrected chi connectivity index (χ4v) is 3.65. The molecule has 2 aromatic heterocycles. The van der Waals surface area contributed by atoms with E-state index >= 15 is 0 Å². The molecule has 1 saturated heterocycles. The summed E-state index contributed by atoms with van der Waals surface area (Å²) in [7, 11) is 3.63. The van der Waals surface area contributed by atoms with Crippen molar-refractivity contribution in [3.05, 3.63) is 10.9 Å². The molecule has 1 aliphatic rings. The third-order valence-electron chi connectivity index (χ3n) is 3.71. The summed E-state index contributed by atoms with van der Waals surface area (Å²) in [6.07, 6.45) is 1.16. The van der Waals surface area contributed by atoms with E-state index in [1.165, 1.54) is 10.3 Å². The molecule has 1 fully saturated rings. The molecular formula is C14H20N4OS. The Hall–Kier alpha value is -1.40. The summed E-state index contributed by atoms with van der Waals surface area (Å²) in [6.45, 7) is 5.00. The number of ether oxygens (including phenoxy) is 1. The normalized spacial score (nSPS) is 18.9. The van der Waals surface area contributed by atoms with Crippen LogP contribution in [0.4, 0.5) is 11.8 Å². The van der Waals surface area contributed by atoms with E-state index < -0.39 is 0 Å². The summed E-state index contributed by atoms with van der Waals surface area (Å²) < 4.78 is 5.28. The molecule has 3 heterocycles. The molecule has 0 spiro atoms. The van der Waals surface area contributed by atoms with Crippen LogP contribution in [0, 0.1) is 12.8 Å². The summed E-state index contributed by atoms with van der Waals surface area (Å²) in [4.78, 5) is 13.9. The molecule has 1 aliphatic heterocycles. The second-order valence-corrected chi connectivity index (χ2v) is 6.49. The maximum Gasteiger partial charge on any atom is 0.225 e. The van der Waals surface area contributed by atoms with E-state index in [0.29, 0.717) is 11.9 Å². The zero-order valence-corrected chi connectivity index (χ0v) is 13.0. The van der Waals surface area contributed by atoms with E-state index in [9.17, 15) is 0 Å². The van der Waals surface area contributed by atoms with Crippen molar-refractivity contribution in [3.8, 4) is 0 Å². The van der Waals surface area contributed by atoms with Gasteiger partial charge in [0, 0.05) is 38.0 Å². The van der Waals surface area contributed by atoms with Crippen LogP contribution < -0.4 is 10.2 Å². The predicted octanol–water partition coefficient (Wildman–Crippen LogP) is 2.51. The molecule has 0 aliphatic carbocycles. The smallest absolute Gasteiger partial charge is 0.225 e. The lowest BCUT2D eigenvalue weighted by atomic mass is 10.1. The molecule has 0 aromatic carbocycles. The van der Waals surface area contributed by atoms with Crippen LogP contribution in [0.25, 0.3) is 10.2 Å². The topological polar surface area (TPSA) is 50.3 Å². The van der Waals surface area contributed by atoms with Crippen LogP contribution in [0.1, 0.15) is 11.3 Å². The number of aromatic nitrogens is 2. The number of methoxy groups -OCH3 is 1. The van der Waals surface area contributed by atoms with Crippen LogP contribution in [-0.4, -0.2) is 43.8 Å². The van der Waals surface area contributed by atoms with Crippen LogP contribution in [-0.2, 0) is 4.74 Å². The average Bonchev–Trinajstić information content (AvgIpc) is 3.03. The van der Waals surface area contributed by atoms with Crippen molar-refractivity contribution < 1.29 is 4.74 Å². The molecule has 1 atom stereocenters. The van der Waals surface area contributed by atoms with Crippen LogP contribution in [0.3, 0.4) is 0 Å². The number of nitrogens with zero attached hydrogens (tertiary/aromatic N) is 3. The van der Waals surface area contributed by atoms with E-state index in [0.717, 1.165) is 36.8 Å². The van der Waals surface area contributed by atoms with Gasteiger partial charge in [0.05, 0.1) is 12.0 Å². The first-order chi connectivity index (χ1) is 9.71. The van der Waals surface area contributed by atoms with Gasteiger partial charge in [-0.2, -0.15) is 4.98 Å². The summed E-state index contributed by atoms with van der Waals surface area (Å²) in [5, 5.41) is 4.23. The average molecular weight is 292 g/mol. The van der Waals surface area contributed by atoms with Crippen molar-refractivity contribution >= 4 is 33.3 Å². The van der Waals surface area contributed by atoms with Gasteiger partial charge in [-0.25, -0.2) is 4.98 Å². The largest absolute Gasteiger partial charge is 0.384 e. The van der Waals surface area contributed by atoms with Gasteiger partial charge >= 0.3 is 0 Å². The maximum atomic E-state index is 5.28. The van der Waals surface area contributed by atoms with Gasteiger partial charge in [-0.15, -0.1) is 11.3 Å². The molecule has 3 rings (SSSR count). The quantitative estimate of drug-likeness (QED) is 0.938. The van der Waals surface area contributed by atoms with Gasteiger partial charge in [-0.05, 0) is 19.4 Å². The number of nitrogens with one attached hydrogen (secondary N) is 1. The molecule has 0 saturated carbocycles. The van der Waals surface area contributed by atoms with E-state index in [4.69, 9.17) is 4.74 Å². The molecule has 0 amide bonds. The number of thiophene rings is 1. The first-order valence-corrected chi connectivity index (χ1v) is 7.72. The summed E-state index contributed by atoms with van der Waals surface area (Å²) in [5.41, 5.74) is 0. The molecule has 108 valence electrons. The molecule has 2 aromatic rings. The van der Waals surface area contributed by atoms with Crippen molar-refractivity contribution in [2.24, 2.45) is 5.92 Å². The molecule has 0 radical (unpaired) electrons. The fourth-order valence-electron chi connectivity index (χ4n) is 2.78. The lowest BCUT2D eigenvalue weighted by molar-refractivity contribution is 0.161.